The van der Waals surface area contributed by atoms with E-state index in [1.54, 1.807) is 7.05 Å². The summed E-state index contributed by atoms with van der Waals surface area (Å²) < 4.78 is 6.54. The Morgan fingerprint density at radius 2 is 1.94 bits per heavy atom. The predicted molar refractivity (Wildman–Crippen MR) is 131 cm³/mol. The van der Waals surface area contributed by atoms with Crippen molar-refractivity contribution in [3.05, 3.63) is 71.4 Å². The number of ether oxygens (including phenoxy) is 1. The van der Waals surface area contributed by atoms with Crippen LogP contribution in [0.5, 0.6) is 5.75 Å². The molecule has 1 atom stereocenters. The molecule has 6 nitrogen and oxygen atoms in total. The molecular formula is C27H33N3O3. The molecule has 0 aromatic heterocycles. The number of piperidine rings is 1. The SMILES string of the molecule is CCN(CC)C(=O)C1C=CC=C(C2=CC3(CCNCC3)Oc3cc(C(=O)NC)ccc32)C=C1. The molecule has 1 unspecified atom stereocenters. The first-order chi connectivity index (χ1) is 16.0. The fourth-order valence-corrected chi connectivity index (χ4v) is 4.74. The van der Waals surface area contributed by atoms with Crippen LogP contribution in [0, 0.1) is 5.92 Å². The van der Waals surface area contributed by atoms with Crippen molar-refractivity contribution in [3.63, 3.8) is 0 Å². The summed E-state index contributed by atoms with van der Waals surface area (Å²) in [5.41, 5.74) is 3.26. The molecule has 1 aliphatic carbocycles. The van der Waals surface area contributed by atoms with Crippen LogP contribution < -0.4 is 15.4 Å². The van der Waals surface area contributed by atoms with Gasteiger partial charge in [-0.05, 0) is 62.4 Å². The third-order valence-electron chi connectivity index (χ3n) is 6.68. The number of amides is 2. The van der Waals surface area contributed by atoms with E-state index >= 15 is 0 Å². The number of nitrogens with zero attached hydrogens (tertiary/aromatic N) is 1. The van der Waals surface area contributed by atoms with Gasteiger partial charge in [0.05, 0.1) is 5.92 Å². The summed E-state index contributed by atoms with van der Waals surface area (Å²) in [4.78, 5) is 27.0. The number of carbonyl (C=O) groups excluding carboxylic acids is 2. The van der Waals surface area contributed by atoms with Gasteiger partial charge in [-0.2, -0.15) is 0 Å². The summed E-state index contributed by atoms with van der Waals surface area (Å²) in [5, 5.41) is 6.10. The highest BCUT2D eigenvalue weighted by molar-refractivity contribution is 5.96. The van der Waals surface area contributed by atoms with Crippen LogP contribution in [0.15, 0.2) is 60.2 Å². The predicted octanol–water partition coefficient (Wildman–Crippen LogP) is 3.48. The van der Waals surface area contributed by atoms with Crippen LogP contribution in [0.3, 0.4) is 0 Å². The first-order valence-corrected chi connectivity index (χ1v) is 11.8. The molecular weight excluding hydrogens is 414 g/mol. The molecule has 0 saturated carbocycles. The maximum absolute atomic E-state index is 12.9. The zero-order chi connectivity index (χ0) is 23.4. The molecule has 0 radical (unpaired) electrons. The minimum absolute atomic E-state index is 0.119. The molecule has 1 fully saturated rings. The number of rotatable bonds is 5. The number of carbonyl (C=O) groups is 2. The second-order valence-electron chi connectivity index (χ2n) is 8.67. The van der Waals surface area contributed by atoms with Crippen molar-refractivity contribution in [3.8, 4) is 5.75 Å². The van der Waals surface area contributed by atoms with E-state index in [1.165, 1.54) is 0 Å². The quantitative estimate of drug-likeness (QED) is 0.725. The normalized spacial score (nSPS) is 20.8. The van der Waals surface area contributed by atoms with Crippen molar-refractivity contribution >= 4 is 17.4 Å². The Balaban J connectivity index is 1.72. The average molecular weight is 448 g/mol. The number of allylic oxidation sites excluding steroid dienone is 5. The number of benzene rings is 1. The van der Waals surface area contributed by atoms with Crippen molar-refractivity contribution in [2.24, 2.45) is 5.92 Å². The van der Waals surface area contributed by atoms with Crippen LogP contribution in [0.4, 0.5) is 0 Å². The molecule has 174 valence electrons. The third-order valence-corrected chi connectivity index (χ3v) is 6.68. The lowest BCUT2D eigenvalue weighted by molar-refractivity contribution is -0.132. The van der Waals surface area contributed by atoms with E-state index in [4.69, 9.17) is 4.74 Å². The lowest BCUT2D eigenvalue weighted by Crippen LogP contribution is -2.46. The van der Waals surface area contributed by atoms with E-state index in [9.17, 15) is 9.59 Å². The van der Waals surface area contributed by atoms with Crippen LogP contribution in [-0.4, -0.2) is 55.5 Å². The Morgan fingerprint density at radius 3 is 2.64 bits per heavy atom. The maximum Gasteiger partial charge on any atom is 0.251 e. The van der Waals surface area contributed by atoms with Gasteiger partial charge in [0.1, 0.15) is 11.4 Å². The molecule has 6 heteroatoms. The number of fused-ring (bicyclic) bond motifs is 1. The van der Waals surface area contributed by atoms with Gasteiger partial charge >= 0.3 is 0 Å². The van der Waals surface area contributed by atoms with Crippen LogP contribution in [0.1, 0.15) is 42.6 Å². The molecule has 4 rings (SSSR count). The van der Waals surface area contributed by atoms with Crippen LogP contribution >= 0.6 is 0 Å². The van der Waals surface area contributed by atoms with Crippen LogP contribution in [0.25, 0.3) is 5.57 Å². The maximum atomic E-state index is 12.9. The minimum atomic E-state index is -0.407. The largest absolute Gasteiger partial charge is 0.482 e. The van der Waals surface area contributed by atoms with E-state index in [0.29, 0.717) is 18.7 Å². The summed E-state index contributed by atoms with van der Waals surface area (Å²) in [6, 6.07) is 5.63. The Hall–Kier alpha value is -3.12. The topological polar surface area (TPSA) is 70.7 Å². The van der Waals surface area contributed by atoms with Gasteiger partial charge in [0.25, 0.3) is 5.91 Å². The molecule has 0 bridgehead atoms. The van der Waals surface area contributed by atoms with E-state index in [1.807, 2.05) is 55.2 Å². The molecule has 33 heavy (non-hydrogen) atoms. The van der Waals surface area contributed by atoms with Crippen molar-refractivity contribution in [2.45, 2.75) is 32.3 Å². The summed E-state index contributed by atoms with van der Waals surface area (Å²) in [7, 11) is 1.63. The van der Waals surface area contributed by atoms with Gasteiger partial charge in [0.15, 0.2) is 0 Å². The molecule has 1 aromatic carbocycles. The Labute approximate surface area is 196 Å². The summed E-state index contributed by atoms with van der Waals surface area (Å²) in [6.07, 6.45) is 14.0. The molecule has 2 amide bonds. The Morgan fingerprint density at radius 1 is 1.18 bits per heavy atom. The summed E-state index contributed by atoms with van der Waals surface area (Å²) in [6.45, 7) is 7.17. The zero-order valence-electron chi connectivity index (χ0n) is 19.7. The van der Waals surface area contributed by atoms with Gasteiger partial charge in [-0.25, -0.2) is 0 Å². The molecule has 3 aliphatic rings. The summed E-state index contributed by atoms with van der Waals surface area (Å²) in [5.74, 6) is 0.440. The fourth-order valence-electron chi connectivity index (χ4n) is 4.74. The summed E-state index contributed by atoms with van der Waals surface area (Å²) >= 11 is 0. The second kappa shape index (κ2) is 9.79. The van der Waals surface area contributed by atoms with Gasteiger partial charge < -0.3 is 20.3 Å². The molecule has 2 N–H and O–H groups in total. The monoisotopic (exact) mass is 447 g/mol. The van der Waals surface area contributed by atoms with Gasteiger partial charge in [-0.3, -0.25) is 9.59 Å². The van der Waals surface area contributed by atoms with Gasteiger partial charge in [0.2, 0.25) is 5.91 Å². The highest BCUT2D eigenvalue weighted by Gasteiger charge is 2.37. The van der Waals surface area contributed by atoms with Crippen molar-refractivity contribution in [1.82, 2.24) is 15.5 Å². The van der Waals surface area contributed by atoms with E-state index < -0.39 is 5.60 Å². The highest BCUT2D eigenvalue weighted by atomic mass is 16.5. The minimum Gasteiger partial charge on any atom is -0.482 e. The fraction of sp³-hybridized carbons (Fsp3) is 0.407. The average Bonchev–Trinajstić information content (AvgIpc) is 3.10. The number of nitrogens with one attached hydrogen (secondary N) is 2. The molecule has 2 heterocycles. The lowest BCUT2D eigenvalue weighted by Gasteiger charge is -2.40. The van der Waals surface area contributed by atoms with Crippen molar-refractivity contribution in [2.75, 3.05) is 33.2 Å². The van der Waals surface area contributed by atoms with Gasteiger partial charge in [-0.1, -0.05) is 30.4 Å². The van der Waals surface area contributed by atoms with E-state index in [0.717, 1.165) is 48.4 Å². The standard InChI is InChI=1S/C27H33N3O3/c1-4-30(5-2)26(32)20-8-6-7-19(9-10-20)23-18-27(13-15-29-16-14-27)33-24-17-21(25(31)28-3)11-12-22(23)24/h6-12,17-18,20,29H,4-5,13-16H2,1-3H3,(H,28,31). The second-order valence-corrected chi connectivity index (χ2v) is 8.67. The molecule has 1 aromatic rings. The highest BCUT2D eigenvalue weighted by Crippen LogP contribution is 2.43. The Bertz CT molecular complexity index is 1040. The van der Waals surface area contributed by atoms with Crippen LogP contribution in [-0.2, 0) is 4.79 Å². The number of hydrogen-bond donors (Lipinski definition) is 2. The smallest absolute Gasteiger partial charge is 0.251 e. The van der Waals surface area contributed by atoms with Crippen molar-refractivity contribution < 1.29 is 14.3 Å². The first-order valence-electron chi connectivity index (χ1n) is 11.8. The van der Waals surface area contributed by atoms with Gasteiger partial charge in [0, 0.05) is 44.1 Å². The molecule has 2 aliphatic heterocycles. The van der Waals surface area contributed by atoms with Crippen LogP contribution in [0.2, 0.25) is 0 Å². The molecule has 1 spiro atoms. The lowest BCUT2D eigenvalue weighted by atomic mass is 9.82. The van der Waals surface area contributed by atoms with Crippen molar-refractivity contribution in [1.29, 1.82) is 0 Å². The number of hydrogen-bond acceptors (Lipinski definition) is 4. The van der Waals surface area contributed by atoms with Gasteiger partial charge in [-0.15, -0.1) is 0 Å². The zero-order valence-corrected chi connectivity index (χ0v) is 19.7. The van der Waals surface area contributed by atoms with E-state index in [-0.39, 0.29) is 17.7 Å². The molecule has 1 saturated heterocycles. The first kappa shape index (κ1) is 23.1. The third kappa shape index (κ3) is 4.67. The Kier molecular flexibility index (Phi) is 6.84. The van der Waals surface area contributed by atoms with E-state index in [2.05, 4.69) is 28.9 Å².